The number of sulfonamides is 1. The minimum atomic E-state index is -3.70. The Morgan fingerprint density at radius 1 is 1.16 bits per heavy atom. The molecule has 2 aromatic rings. The van der Waals surface area contributed by atoms with Crippen molar-refractivity contribution < 1.29 is 13.2 Å². The number of hydrogen-bond acceptors (Lipinski definition) is 3. The van der Waals surface area contributed by atoms with Crippen molar-refractivity contribution >= 4 is 16.1 Å². The first-order chi connectivity index (χ1) is 11.8. The van der Waals surface area contributed by atoms with Gasteiger partial charge >= 0.3 is 6.03 Å². The van der Waals surface area contributed by atoms with Crippen molar-refractivity contribution in [3.05, 3.63) is 64.7 Å². The highest BCUT2D eigenvalue weighted by Crippen LogP contribution is 2.20. The molecule has 0 aliphatic carbocycles. The van der Waals surface area contributed by atoms with Crippen molar-refractivity contribution in [1.82, 2.24) is 10.2 Å². The molecule has 0 saturated heterocycles. The smallest absolute Gasteiger partial charge is 0.317 e. The number of amides is 2. The summed E-state index contributed by atoms with van der Waals surface area (Å²) in [5.41, 5.74) is 4.54. The maximum atomic E-state index is 12.4. The van der Waals surface area contributed by atoms with Gasteiger partial charge in [-0.25, -0.2) is 18.4 Å². The van der Waals surface area contributed by atoms with Crippen LogP contribution in [0.15, 0.2) is 47.4 Å². The summed E-state index contributed by atoms with van der Waals surface area (Å²) in [5, 5.41) is 7.95. The number of primary sulfonamides is 1. The van der Waals surface area contributed by atoms with Gasteiger partial charge in [-0.2, -0.15) is 0 Å². The van der Waals surface area contributed by atoms with Crippen LogP contribution in [-0.2, 0) is 29.5 Å². The van der Waals surface area contributed by atoms with Gasteiger partial charge in [-0.1, -0.05) is 35.9 Å². The van der Waals surface area contributed by atoms with E-state index in [1.807, 2.05) is 0 Å². The predicted molar refractivity (Wildman–Crippen MR) is 95.3 cm³/mol. The third kappa shape index (κ3) is 4.18. The van der Waals surface area contributed by atoms with Crippen molar-refractivity contribution in [2.45, 2.75) is 31.3 Å². The van der Waals surface area contributed by atoms with Gasteiger partial charge in [0, 0.05) is 19.6 Å². The summed E-state index contributed by atoms with van der Waals surface area (Å²) in [4.78, 5) is 14.2. The van der Waals surface area contributed by atoms with E-state index in [4.69, 9.17) is 5.14 Å². The van der Waals surface area contributed by atoms with Crippen LogP contribution >= 0.6 is 0 Å². The molecule has 2 amide bonds. The molecule has 0 saturated carbocycles. The molecule has 2 aromatic carbocycles. The molecule has 1 aliphatic heterocycles. The van der Waals surface area contributed by atoms with Crippen LogP contribution in [0.4, 0.5) is 4.79 Å². The zero-order chi connectivity index (χ0) is 18.0. The number of nitrogens with one attached hydrogen (secondary N) is 1. The predicted octanol–water partition coefficient (Wildman–Crippen LogP) is 1.91. The Hall–Kier alpha value is -2.38. The molecule has 0 spiro atoms. The van der Waals surface area contributed by atoms with Crippen LogP contribution in [0.25, 0.3) is 0 Å². The number of urea groups is 1. The topological polar surface area (TPSA) is 92.5 Å². The lowest BCUT2D eigenvalue weighted by molar-refractivity contribution is 0.192. The molecule has 3 rings (SSSR count). The maximum absolute atomic E-state index is 12.4. The number of carbonyl (C=O) groups excluding carboxylic acids is 1. The molecule has 0 aromatic heterocycles. The van der Waals surface area contributed by atoms with Gasteiger partial charge in [0.2, 0.25) is 10.0 Å². The van der Waals surface area contributed by atoms with Gasteiger partial charge in [-0.3, -0.25) is 0 Å². The molecule has 0 radical (unpaired) electrons. The monoisotopic (exact) mass is 359 g/mol. The van der Waals surface area contributed by atoms with Gasteiger partial charge in [0.05, 0.1) is 4.90 Å². The molecule has 7 heteroatoms. The molecule has 1 heterocycles. The number of rotatable bonds is 3. The van der Waals surface area contributed by atoms with Gasteiger partial charge < -0.3 is 10.2 Å². The second kappa shape index (κ2) is 6.85. The molecule has 6 nitrogen and oxygen atoms in total. The van der Waals surface area contributed by atoms with E-state index in [0.29, 0.717) is 19.6 Å². The van der Waals surface area contributed by atoms with Crippen LogP contribution in [0.2, 0.25) is 0 Å². The molecule has 0 unspecified atom stereocenters. The zero-order valence-corrected chi connectivity index (χ0v) is 14.8. The number of nitrogens with zero attached hydrogens (tertiary/aromatic N) is 1. The minimum absolute atomic E-state index is 0.0607. The first-order valence-corrected chi connectivity index (χ1v) is 9.60. The van der Waals surface area contributed by atoms with E-state index in [1.54, 1.807) is 17.0 Å². The van der Waals surface area contributed by atoms with Crippen molar-refractivity contribution in [2.24, 2.45) is 5.14 Å². The van der Waals surface area contributed by atoms with Crippen LogP contribution in [0.1, 0.15) is 22.3 Å². The summed E-state index contributed by atoms with van der Waals surface area (Å²) in [6.45, 7) is 3.69. The average Bonchev–Trinajstić information content (AvgIpc) is 2.58. The fourth-order valence-electron chi connectivity index (χ4n) is 2.94. The fraction of sp³-hybridized carbons (Fsp3) is 0.278. The molecular formula is C18H21N3O3S. The lowest BCUT2D eigenvalue weighted by Crippen LogP contribution is -2.42. The summed E-state index contributed by atoms with van der Waals surface area (Å²) in [5.74, 6) is 0. The summed E-state index contributed by atoms with van der Waals surface area (Å²) in [6, 6.07) is 12.4. The SMILES string of the molecule is Cc1ccc2c(c1)CCN(C(=O)NCc1ccc(S(N)(=O)=O)cc1)C2. The van der Waals surface area contributed by atoms with E-state index in [2.05, 4.69) is 30.4 Å². The van der Waals surface area contributed by atoms with E-state index in [9.17, 15) is 13.2 Å². The van der Waals surface area contributed by atoms with Gasteiger partial charge in [0.1, 0.15) is 0 Å². The average molecular weight is 359 g/mol. The van der Waals surface area contributed by atoms with Gasteiger partial charge in [0.15, 0.2) is 0 Å². The Labute approximate surface area is 147 Å². The van der Waals surface area contributed by atoms with E-state index in [-0.39, 0.29) is 10.9 Å². The number of fused-ring (bicyclic) bond motifs is 1. The molecule has 0 fully saturated rings. The molecule has 132 valence electrons. The Balaban J connectivity index is 1.59. The number of benzene rings is 2. The molecule has 1 aliphatic rings. The van der Waals surface area contributed by atoms with E-state index >= 15 is 0 Å². The summed E-state index contributed by atoms with van der Waals surface area (Å²) in [6.07, 6.45) is 0.855. The number of hydrogen-bond donors (Lipinski definition) is 2. The number of aryl methyl sites for hydroxylation is 1. The van der Waals surface area contributed by atoms with Gasteiger partial charge in [-0.15, -0.1) is 0 Å². The van der Waals surface area contributed by atoms with Crippen LogP contribution < -0.4 is 10.5 Å². The minimum Gasteiger partial charge on any atom is -0.334 e. The van der Waals surface area contributed by atoms with E-state index in [0.717, 1.165) is 12.0 Å². The summed E-state index contributed by atoms with van der Waals surface area (Å²) in [7, 11) is -3.70. The van der Waals surface area contributed by atoms with Crippen molar-refractivity contribution in [3.63, 3.8) is 0 Å². The zero-order valence-electron chi connectivity index (χ0n) is 14.0. The van der Waals surface area contributed by atoms with Crippen molar-refractivity contribution in [3.8, 4) is 0 Å². The summed E-state index contributed by atoms with van der Waals surface area (Å²) >= 11 is 0. The lowest BCUT2D eigenvalue weighted by atomic mass is 9.98. The molecule has 0 atom stereocenters. The standard InChI is InChI=1S/C18H21N3O3S/c1-13-2-5-16-12-21(9-8-15(16)10-13)18(22)20-11-14-3-6-17(7-4-14)25(19,23)24/h2-7,10H,8-9,11-12H2,1H3,(H,20,22)(H2,19,23,24). The molecule has 25 heavy (non-hydrogen) atoms. The third-order valence-corrected chi connectivity index (χ3v) is 5.29. The van der Waals surface area contributed by atoms with E-state index in [1.165, 1.54) is 28.8 Å². The Morgan fingerprint density at radius 3 is 2.56 bits per heavy atom. The van der Waals surface area contributed by atoms with Crippen LogP contribution in [-0.4, -0.2) is 25.9 Å². The quantitative estimate of drug-likeness (QED) is 0.877. The normalized spacial score (nSPS) is 14.1. The second-order valence-corrected chi connectivity index (χ2v) is 7.85. The summed E-state index contributed by atoms with van der Waals surface area (Å²) < 4.78 is 22.5. The fourth-order valence-corrected chi connectivity index (χ4v) is 3.46. The molecule has 0 bridgehead atoms. The third-order valence-electron chi connectivity index (χ3n) is 4.36. The van der Waals surface area contributed by atoms with E-state index < -0.39 is 10.0 Å². The highest BCUT2D eigenvalue weighted by molar-refractivity contribution is 7.89. The number of nitrogens with two attached hydrogens (primary N) is 1. The highest BCUT2D eigenvalue weighted by Gasteiger charge is 2.20. The molecular weight excluding hydrogens is 338 g/mol. The van der Waals surface area contributed by atoms with Crippen LogP contribution in [0.5, 0.6) is 0 Å². The van der Waals surface area contributed by atoms with Crippen LogP contribution in [0, 0.1) is 6.92 Å². The highest BCUT2D eigenvalue weighted by atomic mass is 32.2. The second-order valence-electron chi connectivity index (χ2n) is 6.29. The number of carbonyl (C=O) groups is 1. The Bertz CT molecular complexity index is 892. The van der Waals surface area contributed by atoms with Crippen molar-refractivity contribution in [2.75, 3.05) is 6.54 Å². The first kappa shape index (κ1) is 17.4. The first-order valence-electron chi connectivity index (χ1n) is 8.06. The van der Waals surface area contributed by atoms with Crippen LogP contribution in [0.3, 0.4) is 0 Å². The maximum Gasteiger partial charge on any atom is 0.317 e. The lowest BCUT2D eigenvalue weighted by Gasteiger charge is -2.29. The Morgan fingerprint density at radius 2 is 1.88 bits per heavy atom. The largest absolute Gasteiger partial charge is 0.334 e. The Kier molecular flexibility index (Phi) is 4.78. The van der Waals surface area contributed by atoms with Crippen molar-refractivity contribution in [1.29, 1.82) is 0 Å². The molecule has 3 N–H and O–H groups in total. The van der Waals surface area contributed by atoms with Gasteiger partial charge in [0.25, 0.3) is 0 Å². The van der Waals surface area contributed by atoms with Gasteiger partial charge in [-0.05, 0) is 42.2 Å².